The van der Waals surface area contributed by atoms with Crippen LogP contribution in [0.5, 0.6) is 0 Å². The third-order valence-electron chi connectivity index (χ3n) is 7.23. The van der Waals surface area contributed by atoms with Gasteiger partial charge in [0.25, 0.3) is 0 Å². The highest BCUT2D eigenvalue weighted by molar-refractivity contribution is 7.99. The van der Waals surface area contributed by atoms with E-state index in [1.807, 2.05) is 0 Å². The second kappa shape index (κ2) is 11.5. The van der Waals surface area contributed by atoms with E-state index in [-0.39, 0.29) is 23.9 Å². The second-order valence-electron chi connectivity index (χ2n) is 9.28. The van der Waals surface area contributed by atoms with Crippen LogP contribution in [-0.4, -0.2) is 76.0 Å². The van der Waals surface area contributed by atoms with Crippen molar-refractivity contribution in [2.45, 2.75) is 107 Å². The van der Waals surface area contributed by atoms with Crippen LogP contribution in [0.15, 0.2) is 0 Å². The van der Waals surface area contributed by atoms with Crippen LogP contribution in [0.25, 0.3) is 0 Å². The molecule has 8 atom stereocenters. The zero-order valence-corrected chi connectivity index (χ0v) is 19.2. The normalized spacial score (nSPS) is 39.4. The minimum absolute atomic E-state index is 0.0406. The molecule has 0 bridgehead atoms. The number of hydrogen-bond donors (Lipinski definition) is 5. The van der Waals surface area contributed by atoms with Crippen LogP contribution in [-0.2, 0) is 9.53 Å². The summed E-state index contributed by atoms with van der Waals surface area (Å²) in [6.45, 7) is 3.05. The first-order valence-electron chi connectivity index (χ1n) is 11.7. The van der Waals surface area contributed by atoms with E-state index in [0.717, 1.165) is 51.5 Å². The number of hydrogen-bond acceptors (Lipinski definition) is 7. The van der Waals surface area contributed by atoms with Crippen LogP contribution < -0.4 is 10.6 Å². The van der Waals surface area contributed by atoms with E-state index in [9.17, 15) is 20.1 Å². The molecule has 0 radical (unpaired) electrons. The molecule has 1 amide bonds. The van der Waals surface area contributed by atoms with Gasteiger partial charge >= 0.3 is 0 Å². The Morgan fingerprint density at radius 3 is 2.50 bits per heavy atom. The molecule has 30 heavy (non-hydrogen) atoms. The molecule has 0 spiro atoms. The first-order valence-corrected chi connectivity index (χ1v) is 13.0. The van der Waals surface area contributed by atoms with Gasteiger partial charge in [0, 0.05) is 0 Å². The number of carbonyl (C=O) groups excluding carboxylic acids is 1. The average molecular weight is 445 g/mol. The van der Waals surface area contributed by atoms with Crippen molar-refractivity contribution in [2.75, 3.05) is 12.8 Å². The molecule has 7 nitrogen and oxygen atoms in total. The molecule has 3 rings (SSSR count). The zero-order valence-electron chi connectivity index (χ0n) is 18.3. The van der Waals surface area contributed by atoms with Crippen LogP contribution in [0.4, 0.5) is 0 Å². The summed E-state index contributed by atoms with van der Waals surface area (Å²) in [7, 11) is 0. The second-order valence-corrected chi connectivity index (χ2v) is 10.2. The van der Waals surface area contributed by atoms with Gasteiger partial charge in [0.05, 0.1) is 12.1 Å². The minimum atomic E-state index is -1.28. The summed E-state index contributed by atoms with van der Waals surface area (Å²) in [4.78, 5) is 13.2. The monoisotopic (exact) mass is 444 g/mol. The van der Waals surface area contributed by atoms with Crippen LogP contribution in [0.1, 0.15) is 64.7 Å². The summed E-state index contributed by atoms with van der Waals surface area (Å²) in [5.41, 5.74) is -0.625. The number of ether oxygens (including phenoxy) is 1. The molecule has 3 fully saturated rings. The number of rotatable bonds is 7. The fourth-order valence-electron chi connectivity index (χ4n) is 5.45. The lowest BCUT2D eigenvalue weighted by Crippen LogP contribution is -2.65. The SMILES string of the molecule is CCCC1CCNC(C(=O)NC(C2CCCC2)C2OC(SC)C(O)C(O)C2O)CC1. The summed E-state index contributed by atoms with van der Waals surface area (Å²) in [6, 6.07) is -0.605. The van der Waals surface area contributed by atoms with Gasteiger partial charge < -0.3 is 30.7 Å². The van der Waals surface area contributed by atoms with Gasteiger partial charge in [-0.25, -0.2) is 0 Å². The molecular weight excluding hydrogens is 404 g/mol. The summed E-state index contributed by atoms with van der Waals surface area (Å²) >= 11 is 1.31. The number of aliphatic hydroxyl groups excluding tert-OH is 3. The zero-order chi connectivity index (χ0) is 21.7. The topological polar surface area (TPSA) is 111 Å². The maximum Gasteiger partial charge on any atom is 0.237 e. The van der Waals surface area contributed by atoms with Crippen LogP contribution in [0.2, 0.25) is 0 Å². The average Bonchev–Trinajstić information content (AvgIpc) is 3.17. The molecule has 5 N–H and O–H groups in total. The predicted octanol–water partition coefficient (Wildman–Crippen LogP) is 1.39. The standard InChI is InChI=1S/C22H40N2O5S/c1-3-6-13-9-10-15(23-12-11-13)21(28)24-16(14-7-4-5-8-14)20-18(26)17(25)19(27)22(29-20)30-2/h13-20,22-23,25-27H,3-12H2,1-2H3,(H,24,28). The van der Waals surface area contributed by atoms with E-state index >= 15 is 0 Å². The van der Waals surface area contributed by atoms with Crippen molar-refractivity contribution in [3.8, 4) is 0 Å². The number of nitrogens with one attached hydrogen (secondary N) is 2. The Labute approximate surface area is 184 Å². The van der Waals surface area contributed by atoms with E-state index in [1.165, 1.54) is 24.6 Å². The molecular formula is C22H40N2O5S. The van der Waals surface area contributed by atoms with E-state index in [0.29, 0.717) is 5.92 Å². The first kappa shape index (κ1) is 24.3. The van der Waals surface area contributed by atoms with Crippen LogP contribution in [0, 0.1) is 11.8 Å². The Morgan fingerprint density at radius 1 is 1.10 bits per heavy atom. The maximum atomic E-state index is 13.2. The minimum Gasteiger partial charge on any atom is -0.388 e. The molecule has 1 aliphatic carbocycles. The summed E-state index contributed by atoms with van der Waals surface area (Å²) in [6.07, 6.45) is 6.89. The highest BCUT2D eigenvalue weighted by Gasteiger charge is 2.49. The summed E-state index contributed by atoms with van der Waals surface area (Å²) in [5.74, 6) is 0.840. The van der Waals surface area contributed by atoms with Crippen LogP contribution >= 0.6 is 11.8 Å². The van der Waals surface area contributed by atoms with Gasteiger partial charge in [0.15, 0.2) is 0 Å². The highest BCUT2D eigenvalue weighted by atomic mass is 32.2. The number of carbonyl (C=O) groups is 1. The van der Waals surface area contributed by atoms with Crippen molar-refractivity contribution in [1.29, 1.82) is 0 Å². The lowest BCUT2D eigenvalue weighted by molar-refractivity contribution is -0.208. The largest absolute Gasteiger partial charge is 0.388 e. The van der Waals surface area contributed by atoms with Gasteiger partial charge in [-0.05, 0) is 56.7 Å². The highest BCUT2D eigenvalue weighted by Crippen LogP contribution is 2.36. The predicted molar refractivity (Wildman–Crippen MR) is 118 cm³/mol. The first-order chi connectivity index (χ1) is 14.5. The lowest BCUT2D eigenvalue weighted by atomic mass is 9.86. The summed E-state index contributed by atoms with van der Waals surface area (Å²) < 4.78 is 6.03. The molecule has 8 unspecified atom stereocenters. The molecule has 0 aromatic carbocycles. The van der Waals surface area contributed by atoms with Gasteiger partial charge in [-0.3, -0.25) is 4.79 Å². The maximum absolute atomic E-state index is 13.2. The van der Waals surface area contributed by atoms with Gasteiger partial charge in [-0.2, -0.15) is 0 Å². The molecule has 3 aliphatic rings. The Morgan fingerprint density at radius 2 is 1.83 bits per heavy atom. The third-order valence-corrected chi connectivity index (χ3v) is 8.08. The number of aliphatic hydroxyl groups is 3. The van der Waals surface area contributed by atoms with Crippen molar-refractivity contribution in [1.82, 2.24) is 10.6 Å². The van der Waals surface area contributed by atoms with E-state index in [2.05, 4.69) is 17.6 Å². The van der Waals surface area contributed by atoms with E-state index < -0.39 is 29.9 Å². The van der Waals surface area contributed by atoms with Crippen LogP contribution in [0.3, 0.4) is 0 Å². The van der Waals surface area contributed by atoms with Gasteiger partial charge in [0.2, 0.25) is 5.91 Å². The van der Waals surface area contributed by atoms with E-state index in [4.69, 9.17) is 4.74 Å². The molecule has 1 saturated carbocycles. The molecule has 174 valence electrons. The van der Waals surface area contributed by atoms with Crippen molar-refractivity contribution >= 4 is 17.7 Å². The Kier molecular flexibility index (Phi) is 9.28. The number of amides is 1. The van der Waals surface area contributed by atoms with Gasteiger partial charge in [-0.15, -0.1) is 11.8 Å². The third kappa shape index (κ3) is 5.70. The Bertz CT molecular complexity index is 546. The molecule has 8 heteroatoms. The van der Waals surface area contributed by atoms with Gasteiger partial charge in [-0.1, -0.05) is 32.6 Å². The number of thioether (sulfide) groups is 1. The van der Waals surface area contributed by atoms with E-state index in [1.54, 1.807) is 6.26 Å². The molecule has 2 saturated heterocycles. The summed E-state index contributed by atoms with van der Waals surface area (Å²) in [5, 5.41) is 37.9. The van der Waals surface area contributed by atoms with Gasteiger partial charge in [0.1, 0.15) is 29.9 Å². The lowest BCUT2D eigenvalue weighted by Gasteiger charge is -2.45. The Balaban J connectivity index is 1.70. The molecule has 0 aromatic rings. The molecule has 2 heterocycles. The fourth-order valence-corrected chi connectivity index (χ4v) is 6.13. The quantitative estimate of drug-likeness (QED) is 0.403. The molecule has 2 aliphatic heterocycles. The van der Waals surface area contributed by atoms with Crippen molar-refractivity contribution < 1.29 is 24.9 Å². The van der Waals surface area contributed by atoms with Crippen molar-refractivity contribution in [2.24, 2.45) is 11.8 Å². The molecule has 0 aromatic heterocycles. The van der Waals surface area contributed by atoms with Crippen molar-refractivity contribution in [3.63, 3.8) is 0 Å². The fraction of sp³-hybridized carbons (Fsp3) is 0.955. The van der Waals surface area contributed by atoms with Crippen molar-refractivity contribution in [3.05, 3.63) is 0 Å². The Hall–Kier alpha value is -0.380. The smallest absolute Gasteiger partial charge is 0.237 e.